The van der Waals surface area contributed by atoms with Gasteiger partial charge in [-0.2, -0.15) is 0 Å². The number of hydrogen-bond acceptors (Lipinski definition) is 6. The predicted molar refractivity (Wildman–Crippen MR) is 85.4 cm³/mol. The maximum absolute atomic E-state index is 11.7. The lowest BCUT2D eigenvalue weighted by molar-refractivity contribution is -0.146. The Labute approximate surface area is 137 Å². The number of hydrogen-bond donors (Lipinski definition) is 1. The second-order valence-electron chi connectivity index (χ2n) is 4.53. The lowest BCUT2D eigenvalue weighted by Crippen LogP contribution is -2.21. The van der Waals surface area contributed by atoms with Crippen molar-refractivity contribution in [3.8, 4) is 0 Å². The first-order valence-electron chi connectivity index (χ1n) is 6.74. The van der Waals surface area contributed by atoms with Gasteiger partial charge in [0.2, 0.25) is 0 Å². The summed E-state index contributed by atoms with van der Waals surface area (Å²) in [5, 5.41) is 4.44. The molecule has 23 heavy (non-hydrogen) atoms. The molecule has 0 radical (unpaired) electrons. The van der Waals surface area contributed by atoms with Gasteiger partial charge in [0.1, 0.15) is 0 Å². The van der Waals surface area contributed by atoms with E-state index in [2.05, 4.69) is 10.1 Å². The van der Waals surface area contributed by atoms with Crippen LogP contribution in [0.1, 0.15) is 15.2 Å². The smallest absolute Gasteiger partial charge is 0.337 e. The molecule has 2 aromatic rings. The number of methoxy groups -OCH3 is 1. The Morgan fingerprint density at radius 2 is 1.87 bits per heavy atom. The largest absolute Gasteiger partial charge is 0.465 e. The molecule has 1 aromatic heterocycles. The van der Waals surface area contributed by atoms with Crippen LogP contribution in [0.15, 0.2) is 41.8 Å². The van der Waals surface area contributed by atoms with E-state index in [0.717, 1.165) is 4.88 Å². The molecule has 1 heterocycles. The summed E-state index contributed by atoms with van der Waals surface area (Å²) in [7, 11) is 1.29. The van der Waals surface area contributed by atoms with Crippen LogP contribution in [-0.2, 0) is 25.5 Å². The first-order valence-corrected chi connectivity index (χ1v) is 7.62. The van der Waals surface area contributed by atoms with E-state index in [9.17, 15) is 14.4 Å². The highest BCUT2D eigenvalue weighted by Gasteiger charge is 2.10. The SMILES string of the molecule is COC(=O)c1ccc(NC(=O)COC(=O)Cc2cccs2)cc1. The summed E-state index contributed by atoms with van der Waals surface area (Å²) in [4.78, 5) is 35.5. The summed E-state index contributed by atoms with van der Waals surface area (Å²) in [5.74, 6) is -1.36. The number of nitrogens with one attached hydrogen (secondary N) is 1. The maximum Gasteiger partial charge on any atom is 0.337 e. The van der Waals surface area contributed by atoms with Gasteiger partial charge in [0.15, 0.2) is 6.61 Å². The molecule has 0 atom stereocenters. The fraction of sp³-hybridized carbons (Fsp3) is 0.188. The van der Waals surface area contributed by atoms with Gasteiger partial charge in [0.25, 0.3) is 5.91 Å². The van der Waals surface area contributed by atoms with Crippen LogP contribution in [0, 0.1) is 0 Å². The maximum atomic E-state index is 11.7. The molecular formula is C16H15NO5S. The van der Waals surface area contributed by atoms with Crippen molar-refractivity contribution in [2.24, 2.45) is 0 Å². The number of rotatable bonds is 6. The number of esters is 2. The van der Waals surface area contributed by atoms with Crippen LogP contribution >= 0.6 is 11.3 Å². The first-order chi connectivity index (χ1) is 11.1. The van der Waals surface area contributed by atoms with Gasteiger partial charge in [0, 0.05) is 10.6 Å². The third kappa shape index (κ3) is 5.23. The van der Waals surface area contributed by atoms with Crippen molar-refractivity contribution in [2.45, 2.75) is 6.42 Å². The van der Waals surface area contributed by atoms with E-state index in [1.54, 1.807) is 12.1 Å². The molecular weight excluding hydrogens is 318 g/mol. The van der Waals surface area contributed by atoms with Gasteiger partial charge in [-0.1, -0.05) is 6.07 Å². The summed E-state index contributed by atoms with van der Waals surface area (Å²) in [6.07, 6.45) is 0.152. The second-order valence-corrected chi connectivity index (χ2v) is 5.57. The highest BCUT2D eigenvalue weighted by atomic mass is 32.1. The Morgan fingerprint density at radius 3 is 2.48 bits per heavy atom. The van der Waals surface area contributed by atoms with Gasteiger partial charge in [-0.25, -0.2) is 4.79 Å². The molecule has 0 aliphatic carbocycles. The Kier molecular flexibility index (Phi) is 5.87. The zero-order chi connectivity index (χ0) is 16.7. The zero-order valence-corrected chi connectivity index (χ0v) is 13.2. The Bertz CT molecular complexity index is 679. The highest BCUT2D eigenvalue weighted by Crippen LogP contribution is 2.11. The summed E-state index contributed by atoms with van der Waals surface area (Å²) < 4.78 is 9.49. The van der Waals surface area contributed by atoms with Crippen molar-refractivity contribution in [3.05, 3.63) is 52.2 Å². The summed E-state index contributed by atoms with van der Waals surface area (Å²) in [5.41, 5.74) is 0.879. The number of carbonyl (C=O) groups excluding carboxylic acids is 3. The molecule has 2 rings (SSSR count). The Balaban J connectivity index is 1.78. The molecule has 0 saturated carbocycles. The van der Waals surface area contributed by atoms with Crippen LogP contribution in [0.3, 0.4) is 0 Å². The molecule has 0 bridgehead atoms. The molecule has 0 aliphatic heterocycles. The quantitative estimate of drug-likeness (QED) is 0.820. The number of carbonyl (C=O) groups is 3. The molecule has 0 unspecified atom stereocenters. The van der Waals surface area contributed by atoms with E-state index in [1.807, 2.05) is 17.5 Å². The van der Waals surface area contributed by atoms with Crippen molar-refractivity contribution < 1.29 is 23.9 Å². The van der Waals surface area contributed by atoms with Crippen molar-refractivity contribution in [2.75, 3.05) is 19.0 Å². The molecule has 7 heteroatoms. The summed E-state index contributed by atoms with van der Waals surface area (Å²) >= 11 is 1.45. The van der Waals surface area contributed by atoms with Gasteiger partial charge in [-0.05, 0) is 35.7 Å². The van der Waals surface area contributed by atoms with Crippen LogP contribution in [0.5, 0.6) is 0 Å². The van der Waals surface area contributed by atoms with Crippen LogP contribution in [0.4, 0.5) is 5.69 Å². The van der Waals surface area contributed by atoms with Gasteiger partial charge in [0.05, 0.1) is 19.1 Å². The van der Waals surface area contributed by atoms with Crippen molar-refractivity contribution >= 4 is 34.9 Å². The van der Waals surface area contributed by atoms with E-state index >= 15 is 0 Å². The third-order valence-electron chi connectivity index (χ3n) is 2.85. The van der Waals surface area contributed by atoms with Crippen LogP contribution in [0.25, 0.3) is 0 Å². The van der Waals surface area contributed by atoms with Gasteiger partial charge in [-0.15, -0.1) is 11.3 Å². The average molecular weight is 333 g/mol. The third-order valence-corrected chi connectivity index (χ3v) is 3.73. The first kappa shape index (κ1) is 16.7. The lowest BCUT2D eigenvalue weighted by atomic mass is 10.2. The van der Waals surface area contributed by atoms with E-state index in [1.165, 1.54) is 30.6 Å². The number of thiophene rings is 1. The minimum atomic E-state index is -0.455. The minimum Gasteiger partial charge on any atom is -0.465 e. The molecule has 0 saturated heterocycles. The number of anilines is 1. The molecule has 6 nitrogen and oxygen atoms in total. The molecule has 0 aliphatic rings. The van der Waals surface area contributed by atoms with Gasteiger partial charge in [-0.3, -0.25) is 9.59 Å². The number of amides is 1. The van der Waals surface area contributed by atoms with Crippen LogP contribution < -0.4 is 5.32 Å². The average Bonchev–Trinajstić information content (AvgIpc) is 3.06. The monoisotopic (exact) mass is 333 g/mol. The molecule has 0 fully saturated rings. The lowest BCUT2D eigenvalue weighted by Gasteiger charge is -2.07. The Hall–Kier alpha value is -2.67. The summed E-state index contributed by atoms with van der Waals surface area (Å²) in [6, 6.07) is 9.87. The van der Waals surface area contributed by atoms with Gasteiger partial charge < -0.3 is 14.8 Å². The topological polar surface area (TPSA) is 81.7 Å². The van der Waals surface area contributed by atoms with E-state index in [0.29, 0.717) is 11.3 Å². The molecule has 1 amide bonds. The Morgan fingerprint density at radius 1 is 1.13 bits per heavy atom. The number of ether oxygens (including phenoxy) is 2. The summed E-state index contributed by atoms with van der Waals surface area (Å²) in [6.45, 7) is -0.358. The van der Waals surface area contributed by atoms with E-state index < -0.39 is 17.8 Å². The molecule has 1 N–H and O–H groups in total. The van der Waals surface area contributed by atoms with Crippen molar-refractivity contribution in [3.63, 3.8) is 0 Å². The number of benzene rings is 1. The second kappa shape index (κ2) is 8.09. The molecule has 0 spiro atoms. The zero-order valence-electron chi connectivity index (χ0n) is 12.4. The fourth-order valence-corrected chi connectivity index (χ4v) is 2.45. The van der Waals surface area contributed by atoms with Gasteiger partial charge >= 0.3 is 11.9 Å². The molecule has 120 valence electrons. The fourth-order valence-electron chi connectivity index (χ4n) is 1.76. The van der Waals surface area contributed by atoms with Crippen LogP contribution in [0.2, 0.25) is 0 Å². The van der Waals surface area contributed by atoms with Crippen LogP contribution in [-0.4, -0.2) is 31.6 Å². The minimum absolute atomic E-state index is 0.152. The van der Waals surface area contributed by atoms with E-state index in [4.69, 9.17) is 4.74 Å². The van der Waals surface area contributed by atoms with Crippen molar-refractivity contribution in [1.82, 2.24) is 0 Å². The predicted octanol–water partition coefficient (Wildman–Crippen LogP) is 2.26. The molecule has 1 aromatic carbocycles. The van der Waals surface area contributed by atoms with Crippen molar-refractivity contribution in [1.29, 1.82) is 0 Å². The standard InChI is InChI=1S/C16H15NO5S/c1-21-16(20)11-4-6-12(7-5-11)17-14(18)10-22-15(19)9-13-3-2-8-23-13/h2-8H,9-10H2,1H3,(H,17,18). The normalized spacial score (nSPS) is 9.96. The van der Waals surface area contributed by atoms with E-state index in [-0.39, 0.29) is 13.0 Å². The highest BCUT2D eigenvalue weighted by molar-refractivity contribution is 7.10.